The van der Waals surface area contributed by atoms with E-state index in [0.29, 0.717) is 13.0 Å². The van der Waals surface area contributed by atoms with E-state index in [-0.39, 0.29) is 24.2 Å². The normalized spacial score (nSPS) is 19.1. The van der Waals surface area contributed by atoms with E-state index >= 15 is 0 Å². The van der Waals surface area contributed by atoms with Crippen LogP contribution in [0.3, 0.4) is 0 Å². The van der Waals surface area contributed by atoms with Crippen molar-refractivity contribution in [3.05, 3.63) is 65.2 Å². The van der Waals surface area contributed by atoms with Gasteiger partial charge in [-0.05, 0) is 61.1 Å². The molecule has 5 rings (SSSR count). The van der Waals surface area contributed by atoms with Gasteiger partial charge in [-0.3, -0.25) is 9.59 Å². The van der Waals surface area contributed by atoms with E-state index in [9.17, 15) is 19.1 Å². The number of fused-ring (bicyclic) bond motifs is 3. The monoisotopic (exact) mass is 421 g/mol. The van der Waals surface area contributed by atoms with Gasteiger partial charge in [0.1, 0.15) is 11.5 Å². The maximum atomic E-state index is 13.5. The lowest BCUT2D eigenvalue weighted by Crippen LogP contribution is -2.46. The molecular weight excluding hydrogens is 397 g/mol. The molecule has 1 fully saturated rings. The van der Waals surface area contributed by atoms with Gasteiger partial charge in [0, 0.05) is 36.9 Å². The highest BCUT2D eigenvalue weighted by Gasteiger charge is 2.53. The molecular formula is C24H24FN3O3. The first-order valence-electron chi connectivity index (χ1n) is 10.6. The van der Waals surface area contributed by atoms with Crippen molar-refractivity contribution in [2.45, 2.75) is 50.1 Å². The summed E-state index contributed by atoms with van der Waals surface area (Å²) in [5.41, 5.74) is 2.94. The molecule has 1 amide bonds. The van der Waals surface area contributed by atoms with E-state index in [1.54, 1.807) is 18.3 Å². The summed E-state index contributed by atoms with van der Waals surface area (Å²) < 4.78 is 15.4. The summed E-state index contributed by atoms with van der Waals surface area (Å²) in [6.07, 6.45) is 4.70. The van der Waals surface area contributed by atoms with Gasteiger partial charge >= 0.3 is 5.97 Å². The predicted molar refractivity (Wildman–Crippen MR) is 113 cm³/mol. The second-order valence-electron chi connectivity index (χ2n) is 8.68. The molecule has 6 nitrogen and oxygen atoms in total. The molecule has 3 aromatic rings. The van der Waals surface area contributed by atoms with Crippen LogP contribution in [0.4, 0.5) is 4.39 Å². The van der Waals surface area contributed by atoms with Crippen molar-refractivity contribution >= 4 is 22.9 Å². The van der Waals surface area contributed by atoms with Crippen LogP contribution in [0.5, 0.6) is 0 Å². The fourth-order valence-corrected chi connectivity index (χ4v) is 5.07. The summed E-state index contributed by atoms with van der Waals surface area (Å²) >= 11 is 0. The van der Waals surface area contributed by atoms with Crippen LogP contribution in [0.1, 0.15) is 36.1 Å². The van der Waals surface area contributed by atoms with Gasteiger partial charge in [0.15, 0.2) is 0 Å². The van der Waals surface area contributed by atoms with Crippen LogP contribution in [0, 0.1) is 5.82 Å². The second-order valence-corrected chi connectivity index (χ2v) is 8.68. The van der Waals surface area contributed by atoms with E-state index in [2.05, 4.69) is 9.55 Å². The number of carbonyl (C=O) groups is 2. The molecule has 3 heterocycles. The zero-order valence-corrected chi connectivity index (χ0v) is 17.3. The summed E-state index contributed by atoms with van der Waals surface area (Å²) in [5, 5.41) is 10.2. The maximum absolute atomic E-state index is 13.5. The zero-order valence-electron chi connectivity index (χ0n) is 17.3. The highest BCUT2D eigenvalue weighted by atomic mass is 19.1. The van der Waals surface area contributed by atoms with Crippen LogP contribution in [0.2, 0.25) is 0 Å². The van der Waals surface area contributed by atoms with Crippen molar-refractivity contribution in [2.75, 3.05) is 7.05 Å². The van der Waals surface area contributed by atoms with Gasteiger partial charge in [-0.25, -0.2) is 9.37 Å². The van der Waals surface area contributed by atoms with Crippen LogP contribution in [-0.4, -0.2) is 44.5 Å². The molecule has 2 aliphatic rings. The average Bonchev–Trinajstić information content (AvgIpc) is 3.53. The largest absolute Gasteiger partial charge is 0.481 e. The first kappa shape index (κ1) is 19.7. The number of carboxylic acids is 1. The summed E-state index contributed by atoms with van der Waals surface area (Å²) in [6, 6.07) is 10.0. The molecule has 7 heteroatoms. The minimum absolute atomic E-state index is 0.00629. The minimum Gasteiger partial charge on any atom is -0.481 e. The fraction of sp³-hybridized carbons (Fsp3) is 0.375. The SMILES string of the molecule is CN(C(=O)C1(c2ccc(F)cc2)CC1)[C@@H]1CCc2c(CC(=O)O)c3cccnc3n2C1. The molecule has 0 unspecified atom stereocenters. The van der Waals surface area contributed by atoms with Crippen molar-refractivity contribution in [1.82, 2.24) is 14.5 Å². The standard InChI is InChI=1S/C24H24FN3O3/c1-27(23(31)24(10-11-24)15-4-6-16(25)7-5-15)17-8-9-20-19(13-21(29)30)18-3-2-12-26-22(18)28(20)14-17/h2-7,12,17H,8-11,13-14H2,1H3,(H,29,30)/t17-/m1/s1. The molecule has 0 saturated heterocycles. The first-order valence-corrected chi connectivity index (χ1v) is 10.6. The Hall–Kier alpha value is -3.22. The van der Waals surface area contributed by atoms with Crippen molar-refractivity contribution in [3.63, 3.8) is 0 Å². The van der Waals surface area contributed by atoms with Crippen LogP contribution < -0.4 is 0 Å². The lowest BCUT2D eigenvalue weighted by molar-refractivity contribution is -0.136. The Bertz CT molecular complexity index is 1180. The number of benzene rings is 1. The smallest absolute Gasteiger partial charge is 0.307 e. The number of halogens is 1. The molecule has 0 radical (unpaired) electrons. The summed E-state index contributed by atoms with van der Waals surface area (Å²) in [7, 11) is 1.85. The Kier molecular flexibility index (Phi) is 4.57. The summed E-state index contributed by atoms with van der Waals surface area (Å²) in [4.78, 5) is 31.2. The second kappa shape index (κ2) is 7.18. The molecule has 1 aliphatic carbocycles. The van der Waals surface area contributed by atoms with Gasteiger partial charge in [0.05, 0.1) is 11.8 Å². The highest BCUT2D eigenvalue weighted by molar-refractivity contribution is 5.91. The number of amides is 1. The van der Waals surface area contributed by atoms with Gasteiger partial charge in [0.2, 0.25) is 5.91 Å². The lowest BCUT2D eigenvalue weighted by atomic mass is 9.92. The molecule has 1 N–H and O–H groups in total. The predicted octanol–water partition coefficient (Wildman–Crippen LogP) is 3.31. The molecule has 1 aromatic carbocycles. The van der Waals surface area contributed by atoms with E-state index < -0.39 is 11.4 Å². The molecule has 0 spiro atoms. The number of pyridine rings is 1. The van der Waals surface area contributed by atoms with Crippen molar-refractivity contribution in [1.29, 1.82) is 0 Å². The first-order chi connectivity index (χ1) is 14.9. The third-order valence-electron chi connectivity index (χ3n) is 6.90. The Morgan fingerprint density at radius 1 is 1.26 bits per heavy atom. The Morgan fingerprint density at radius 3 is 2.68 bits per heavy atom. The van der Waals surface area contributed by atoms with Crippen molar-refractivity contribution < 1.29 is 19.1 Å². The number of nitrogens with zero attached hydrogens (tertiary/aromatic N) is 3. The highest BCUT2D eigenvalue weighted by Crippen LogP contribution is 2.50. The number of likely N-dealkylation sites (N-methyl/N-ethyl adjacent to an activating group) is 1. The average molecular weight is 421 g/mol. The van der Waals surface area contributed by atoms with Crippen LogP contribution in [-0.2, 0) is 34.4 Å². The van der Waals surface area contributed by atoms with E-state index in [1.165, 1.54) is 12.1 Å². The number of carbonyl (C=O) groups excluding carboxylic acids is 1. The van der Waals surface area contributed by atoms with E-state index in [0.717, 1.165) is 47.1 Å². The van der Waals surface area contributed by atoms with E-state index in [1.807, 2.05) is 24.1 Å². The van der Waals surface area contributed by atoms with Gasteiger partial charge in [-0.15, -0.1) is 0 Å². The molecule has 2 aromatic heterocycles. The maximum Gasteiger partial charge on any atom is 0.307 e. The Labute approximate surface area is 179 Å². The number of aliphatic carboxylic acids is 1. The number of rotatable bonds is 5. The summed E-state index contributed by atoms with van der Waals surface area (Å²) in [5.74, 6) is -1.09. The van der Waals surface area contributed by atoms with Crippen LogP contribution in [0.25, 0.3) is 11.0 Å². The minimum atomic E-state index is -0.858. The fourth-order valence-electron chi connectivity index (χ4n) is 5.07. The van der Waals surface area contributed by atoms with Gasteiger partial charge in [-0.2, -0.15) is 0 Å². The topological polar surface area (TPSA) is 75.4 Å². The Balaban J connectivity index is 1.44. The van der Waals surface area contributed by atoms with Gasteiger partial charge in [-0.1, -0.05) is 12.1 Å². The third-order valence-corrected chi connectivity index (χ3v) is 6.90. The van der Waals surface area contributed by atoms with Crippen molar-refractivity contribution in [2.24, 2.45) is 0 Å². The quantitative estimate of drug-likeness (QED) is 0.686. The van der Waals surface area contributed by atoms with Crippen molar-refractivity contribution in [3.8, 4) is 0 Å². The number of aromatic nitrogens is 2. The third kappa shape index (κ3) is 3.19. The molecule has 160 valence electrons. The van der Waals surface area contributed by atoms with E-state index in [4.69, 9.17) is 0 Å². The molecule has 1 saturated carbocycles. The molecule has 31 heavy (non-hydrogen) atoms. The number of hydrogen-bond donors (Lipinski definition) is 1. The number of hydrogen-bond acceptors (Lipinski definition) is 3. The van der Waals surface area contributed by atoms with Gasteiger partial charge < -0.3 is 14.6 Å². The van der Waals surface area contributed by atoms with Gasteiger partial charge in [0.25, 0.3) is 0 Å². The zero-order chi connectivity index (χ0) is 21.8. The van der Waals surface area contributed by atoms with Crippen LogP contribution >= 0.6 is 0 Å². The summed E-state index contributed by atoms with van der Waals surface area (Å²) in [6.45, 7) is 0.588. The molecule has 1 aliphatic heterocycles. The number of carboxylic acid groups (broad SMARTS) is 1. The Morgan fingerprint density at radius 2 is 2.00 bits per heavy atom. The van der Waals surface area contributed by atoms with Crippen LogP contribution in [0.15, 0.2) is 42.6 Å². The molecule has 0 bridgehead atoms. The molecule has 1 atom stereocenters. The lowest BCUT2D eigenvalue weighted by Gasteiger charge is -2.35.